The molecular weight excluding hydrogens is 1230 g/mol. The number of azo groups is 4. The van der Waals surface area contributed by atoms with Gasteiger partial charge >= 0.3 is 0 Å². The number of nitrogens with zero attached hydrogens (tertiary/aromatic N) is 9. The number of nitro benzene ring substituents is 1. The van der Waals surface area contributed by atoms with Gasteiger partial charge in [-0.2, -0.15) is 60.7 Å². The minimum atomic E-state index is -5.57. The number of aromatic hydroxyl groups is 3. The summed E-state index contributed by atoms with van der Waals surface area (Å²) in [7, 11) is -30.8. The van der Waals surface area contributed by atoms with E-state index in [1.54, 1.807) is 0 Å². The van der Waals surface area contributed by atoms with Gasteiger partial charge in [-0.1, -0.05) is 6.07 Å². The van der Waals surface area contributed by atoms with Crippen LogP contribution in [0, 0.1) is 10.1 Å². The van der Waals surface area contributed by atoms with Crippen molar-refractivity contribution in [1.82, 2.24) is 0 Å². The molecule has 83 heavy (non-hydrogen) atoms. The zero-order chi connectivity index (χ0) is 61.3. The maximum atomic E-state index is 12.8. The van der Waals surface area contributed by atoms with Crippen LogP contribution in [0.25, 0.3) is 32.3 Å². The van der Waals surface area contributed by atoms with Crippen LogP contribution in [0.5, 0.6) is 23.0 Å². The summed E-state index contributed by atoms with van der Waals surface area (Å²) in [6.07, 6.45) is 0. The van der Waals surface area contributed by atoms with Crippen molar-refractivity contribution in [3.63, 3.8) is 0 Å². The van der Waals surface area contributed by atoms with E-state index in [2.05, 4.69) is 40.9 Å². The van der Waals surface area contributed by atoms with Gasteiger partial charge in [-0.25, -0.2) is 0 Å². The monoisotopic (exact) mass is 1260 g/mol. The Morgan fingerprint density at radius 1 is 0.422 bits per heavy atom. The van der Waals surface area contributed by atoms with Gasteiger partial charge in [0, 0.05) is 34.4 Å². The Morgan fingerprint density at radius 3 is 1.41 bits per heavy atom. The SMILES string of the molecule is COc1ccc(N=Nc2c(S(=O)(=O)O)cc3cc(N=Nc4c(S(=O)(=O)O)cc5c(S(=O)(=O)O)cc(N=Nc6ccc7cc(S(=O)(=O)O)c(N=Nc8ccc([N+](=O)[O-])cc8S(=O)(=O)O)c(O)c7c6)c(N)c5c4O)ccc3c2O)c(S(=O)(=O)O)c1. The summed E-state index contributed by atoms with van der Waals surface area (Å²) in [5.41, 5.74) is -1.23. The molecule has 0 fully saturated rings. The largest absolute Gasteiger partial charge is 0.505 e. The number of fused-ring (bicyclic) bond motifs is 3. The zero-order valence-corrected chi connectivity index (χ0v) is 45.3. The van der Waals surface area contributed by atoms with Gasteiger partial charge < -0.3 is 25.8 Å². The number of anilines is 1. The molecule has 0 aliphatic carbocycles. The molecule has 34 nitrogen and oxygen atoms in total. The van der Waals surface area contributed by atoms with E-state index in [0.29, 0.717) is 24.3 Å². The molecular formula is C43H30N10O24S6. The molecule has 0 atom stereocenters. The summed E-state index contributed by atoms with van der Waals surface area (Å²) >= 11 is 0. The molecule has 40 heteroatoms. The highest BCUT2D eigenvalue weighted by Crippen LogP contribution is 2.50. The van der Waals surface area contributed by atoms with E-state index in [9.17, 15) is 103 Å². The summed E-state index contributed by atoms with van der Waals surface area (Å²) in [6, 6.07) is 13.5. The average Bonchev–Trinajstić information content (AvgIpc) is 3.26. The molecule has 432 valence electrons. The molecule has 8 aromatic carbocycles. The lowest BCUT2D eigenvalue weighted by Crippen LogP contribution is -2.04. The second-order valence-corrected chi connectivity index (χ2v) is 25.0. The zero-order valence-electron chi connectivity index (χ0n) is 40.4. The number of phenolic OH excluding ortho intramolecular Hbond substituents is 3. The molecule has 0 spiro atoms. The fourth-order valence-electron chi connectivity index (χ4n) is 7.72. The first-order valence-corrected chi connectivity index (χ1v) is 30.2. The molecule has 8 aromatic rings. The quantitative estimate of drug-likeness (QED) is 0.0142. The molecule has 0 amide bonds. The Labute approximate surface area is 463 Å². The Kier molecular flexibility index (Phi) is 15.4. The summed E-state index contributed by atoms with van der Waals surface area (Å²) in [6.45, 7) is 0. The molecule has 0 bridgehead atoms. The summed E-state index contributed by atoms with van der Waals surface area (Å²) in [5, 5.41) is 72.2. The lowest BCUT2D eigenvalue weighted by Gasteiger charge is -2.14. The van der Waals surface area contributed by atoms with Crippen LogP contribution in [0.15, 0.2) is 167 Å². The van der Waals surface area contributed by atoms with Gasteiger partial charge in [-0.05, 0) is 83.6 Å². The summed E-state index contributed by atoms with van der Waals surface area (Å²) < 4.78 is 215. The summed E-state index contributed by atoms with van der Waals surface area (Å²) in [4.78, 5) is 3.36. The van der Waals surface area contributed by atoms with E-state index in [-0.39, 0.29) is 38.7 Å². The van der Waals surface area contributed by atoms with Gasteiger partial charge in [-0.15, -0.1) is 30.7 Å². The Hall–Kier alpha value is -9.20. The van der Waals surface area contributed by atoms with E-state index >= 15 is 0 Å². The highest BCUT2D eigenvalue weighted by Gasteiger charge is 2.30. The molecule has 0 aliphatic heterocycles. The maximum absolute atomic E-state index is 12.8. The van der Waals surface area contributed by atoms with Crippen LogP contribution in [0.4, 0.5) is 56.9 Å². The van der Waals surface area contributed by atoms with Gasteiger partial charge in [-0.3, -0.25) is 37.4 Å². The standard InChI is InChI=1S/C43H30N10O24S6/c1-77-23-6-9-28(32(15-23)80(65,66)67)48-51-38-34(82(71,72)73)12-19-10-20(4-7-24(19)41(38)54)46-50-40-35(83(74,75)76)16-26-30(78(59,60)61)17-29(37(44)36(26)43(40)56)49-45-21-3-2-18-11-33(81(68,69)70)39(42(55)25(18)13-21)52-47-27-8-5-22(53(57)58)14-31(27)79(62,63)64/h2-17,54-56H,44H2,1H3,(H,59,60,61)(H,62,63,64)(H,65,66,67)(H,68,69,70)(H,71,72,73)(H,74,75,76). The molecule has 0 radical (unpaired) electrons. The van der Waals surface area contributed by atoms with Crippen molar-refractivity contribution in [2.45, 2.75) is 29.4 Å². The predicted octanol–water partition coefficient (Wildman–Crippen LogP) is 8.90. The molecule has 0 unspecified atom stereocenters. The first-order chi connectivity index (χ1) is 38.4. The minimum Gasteiger partial charge on any atom is -0.505 e. The number of hydrogen-bond donors (Lipinski definition) is 10. The van der Waals surface area contributed by atoms with Crippen LogP contribution < -0.4 is 10.5 Å². The van der Waals surface area contributed by atoms with Gasteiger partial charge in [0.15, 0.2) is 17.2 Å². The van der Waals surface area contributed by atoms with Gasteiger partial charge in [0.25, 0.3) is 66.4 Å². The van der Waals surface area contributed by atoms with E-state index in [1.165, 1.54) is 13.2 Å². The number of rotatable bonds is 16. The number of phenols is 3. The second kappa shape index (κ2) is 21.3. The Balaban J connectivity index is 1.23. The molecule has 0 heterocycles. The van der Waals surface area contributed by atoms with Crippen molar-refractivity contribution >= 4 is 150 Å². The van der Waals surface area contributed by atoms with E-state index < -0.39 is 169 Å². The van der Waals surface area contributed by atoms with Crippen LogP contribution in [0.2, 0.25) is 0 Å². The number of non-ortho nitro benzene ring substituents is 1. The first kappa shape index (κ1) is 59.9. The van der Waals surface area contributed by atoms with E-state index in [0.717, 1.165) is 66.7 Å². The van der Waals surface area contributed by atoms with Crippen molar-refractivity contribution in [2.75, 3.05) is 12.8 Å². The average molecular weight is 1260 g/mol. The van der Waals surface area contributed by atoms with Crippen LogP contribution in [0.1, 0.15) is 0 Å². The van der Waals surface area contributed by atoms with Gasteiger partial charge in [0.2, 0.25) is 0 Å². The molecule has 0 saturated heterocycles. The van der Waals surface area contributed by atoms with Crippen molar-refractivity contribution in [3.05, 3.63) is 107 Å². The molecule has 11 N–H and O–H groups in total. The number of nitrogens with two attached hydrogens (primary N) is 1. The van der Waals surface area contributed by atoms with Crippen molar-refractivity contribution < 1.29 is 103 Å². The third kappa shape index (κ3) is 12.2. The Morgan fingerprint density at radius 2 is 0.867 bits per heavy atom. The third-order valence-corrected chi connectivity index (χ3v) is 16.7. The van der Waals surface area contributed by atoms with Gasteiger partial charge in [0.05, 0.1) is 34.5 Å². The van der Waals surface area contributed by atoms with Crippen LogP contribution in [-0.4, -0.2) is 105 Å². The van der Waals surface area contributed by atoms with Crippen LogP contribution in [0.3, 0.4) is 0 Å². The predicted molar refractivity (Wildman–Crippen MR) is 283 cm³/mol. The molecule has 0 aromatic heterocycles. The minimum absolute atomic E-state index is 0.0570. The highest BCUT2D eigenvalue weighted by molar-refractivity contribution is 7.87. The normalized spacial score (nSPS) is 13.2. The third-order valence-electron chi connectivity index (χ3n) is 11.4. The molecule has 0 saturated carbocycles. The fourth-order valence-corrected chi connectivity index (χ4v) is 11.7. The number of ether oxygens (including phenoxy) is 1. The van der Waals surface area contributed by atoms with Crippen molar-refractivity contribution in [3.8, 4) is 23.0 Å². The number of benzene rings is 8. The lowest BCUT2D eigenvalue weighted by molar-refractivity contribution is -0.385. The highest BCUT2D eigenvalue weighted by atomic mass is 32.2. The topological polar surface area (TPSA) is 564 Å². The fraction of sp³-hybridized carbons (Fsp3) is 0.0233. The van der Waals surface area contributed by atoms with E-state index in [1.807, 2.05) is 0 Å². The smallest absolute Gasteiger partial charge is 0.297 e. The number of hydrogen-bond acceptors (Lipinski definition) is 27. The number of nitrogen functional groups attached to an aromatic ring is 1. The maximum Gasteiger partial charge on any atom is 0.297 e. The lowest BCUT2D eigenvalue weighted by atomic mass is 10.0. The second-order valence-electron chi connectivity index (χ2n) is 16.6. The van der Waals surface area contributed by atoms with Crippen LogP contribution >= 0.6 is 0 Å². The number of methoxy groups -OCH3 is 1. The Bertz CT molecular complexity index is 5040. The first-order valence-electron chi connectivity index (χ1n) is 21.6. The molecule has 8 rings (SSSR count). The van der Waals surface area contributed by atoms with E-state index in [4.69, 9.17) is 10.5 Å². The van der Waals surface area contributed by atoms with Crippen molar-refractivity contribution in [1.29, 1.82) is 0 Å². The van der Waals surface area contributed by atoms with Gasteiger partial charge in [0.1, 0.15) is 69.2 Å². The molecule has 0 aliphatic rings. The number of nitro groups is 1. The summed E-state index contributed by atoms with van der Waals surface area (Å²) in [5.74, 6) is -3.51. The van der Waals surface area contributed by atoms with Crippen LogP contribution in [-0.2, 0) is 60.7 Å². The van der Waals surface area contributed by atoms with Crippen molar-refractivity contribution in [2.24, 2.45) is 40.9 Å².